The van der Waals surface area contributed by atoms with Crippen molar-refractivity contribution >= 4 is 12.1 Å². The Kier molecular flexibility index (Phi) is 6.08. The third kappa shape index (κ3) is 5.46. The average molecular weight is 272 g/mol. The molecule has 19 heavy (non-hydrogen) atoms. The van der Waals surface area contributed by atoms with Crippen molar-refractivity contribution in [2.75, 3.05) is 19.7 Å². The molecule has 1 amide bonds. The van der Waals surface area contributed by atoms with Crippen LogP contribution < -0.4 is 5.32 Å². The van der Waals surface area contributed by atoms with Gasteiger partial charge in [0, 0.05) is 19.5 Å². The Hall–Kier alpha value is -1.30. The van der Waals surface area contributed by atoms with Gasteiger partial charge >= 0.3 is 12.1 Å². The zero-order chi connectivity index (χ0) is 14.4. The molecule has 1 heterocycles. The van der Waals surface area contributed by atoms with Crippen LogP contribution in [0.15, 0.2) is 0 Å². The largest absolute Gasteiger partial charge is 0.465 e. The molecule has 2 atom stereocenters. The molecule has 0 saturated carbocycles. The van der Waals surface area contributed by atoms with E-state index in [0.29, 0.717) is 12.5 Å². The van der Waals surface area contributed by atoms with E-state index in [1.807, 2.05) is 0 Å². The highest BCUT2D eigenvalue weighted by atomic mass is 16.5. The molecule has 0 aromatic heterocycles. The number of rotatable bonds is 5. The van der Waals surface area contributed by atoms with Gasteiger partial charge < -0.3 is 20.1 Å². The standard InChI is InChI=1S/C13H24N2O4/c1-9(2)6-14-11-4-5-12(8-19-10(3)16)15(7-11)13(17)18/h9,11-12,14H,4-8H2,1-3H3,(H,17,18). The summed E-state index contributed by atoms with van der Waals surface area (Å²) < 4.78 is 4.93. The summed E-state index contributed by atoms with van der Waals surface area (Å²) >= 11 is 0. The lowest BCUT2D eigenvalue weighted by Gasteiger charge is -2.38. The summed E-state index contributed by atoms with van der Waals surface area (Å²) in [7, 11) is 0. The minimum Gasteiger partial charge on any atom is -0.465 e. The van der Waals surface area contributed by atoms with Crippen LogP contribution in [0.1, 0.15) is 33.6 Å². The van der Waals surface area contributed by atoms with Gasteiger partial charge in [0.1, 0.15) is 6.61 Å². The van der Waals surface area contributed by atoms with E-state index < -0.39 is 6.09 Å². The van der Waals surface area contributed by atoms with Gasteiger partial charge in [0.15, 0.2) is 0 Å². The first-order valence-electron chi connectivity index (χ1n) is 6.76. The molecule has 0 aliphatic carbocycles. The number of esters is 1. The van der Waals surface area contributed by atoms with Crippen molar-refractivity contribution in [3.63, 3.8) is 0 Å². The molecule has 1 aliphatic rings. The quantitative estimate of drug-likeness (QED) is 0.738. The molecule has 0 bridgehead atoms. The van der Waals surface area contributed by atoms with E-state index in [0.717, 1.165) is 19.4 Å². The fourth-order valence-corrected chi connectivity index (χ4v) is 2.22. The lowest BCUT2D eigenvalue weighted by Crippen LogP contribution is -2.54. The fourth-order valence-electron chi connectivity index (χ4n) is 2.22. The minimum atomic E-state index is -0.951. The number of hydrogen-bond donors (Lipinski definition) is 2. The summed E-state index contributed by atoms with van der Waals surface area (Å²) in [6.07, 6.45) is 0.672. The number of ether oxygens (including phenoxy) is 1. The fraction of sp³-hybridized carbons (Fsp3) is 0.846. The molecule has 110 valence electrons. The third-order valence-corrected chi connectivity index (χ3v) is 3.25. The first-order chi connectivity index (χ1) is 8.90. The lowest BCUT2D eigenvalue weighted by molar-refractivity contribution is -0.143. The summed E-state index contributed by atoms with van der Waals surface area (Å²) in [5.41, 5.74) is 0. The Labute approximate surface area is 114 Å². The average Bonchev–Trinajstić information content (AvgIpc) is 2.33. The Morgan fingerprint density at radius 2 is 2.11 bits per heavy atom. The topological polar surface area (TPSA) is 78.9 Å². The molecule has 0 aromatic rings. The maximum Gasteiger partial charge on any atom is 0.407 e. The molecule has 1 rings (SSSR count). The van der Waals surface area contributed by atoms with Gasteiger partial charge in [-0.05, 0) is 25.3 Å². The number of hydrogen-bond acceptors (Lipinski definition) is 4. The van der Waals surface area contributed by atoms with Gasteiger partial charge in [0.05, 0.1) is 6.04 Å². The molecule has 0 radical (unpaired) electrons. The SMILES string of the molecule is CC(=O)OCC1CCC(NCC(C)C)CN1C(=O)O. The van der Waals surface area contributed by atoms with Crippen LogP contribution in [-0.4, -0.2) is 53.8 Å². The second kappa shape index (κ2) is 7.33. The highest BCUT2D eigenvalue weighted by Gasteiger charge is 2.32. The highest BCUT2D eigenvalue weighted by Crippen LogP contribution is 2.18. The van der Waals surface area contributed by atoms with Crippen molar-refractivity contribution in [1.29, 1.82) is 0 Å². The van der Waals surface area contributed by atoms with Crippen molar-refractivity contribution in [3.8, 4) is 0 Å². The van der Waals surface area contributed by atoms with Crippen LogP contribution >= 0.6 is 0 Å². The monoisotopic (exact) mass is 272 g/mol. The molecule has 1 aliphatic heterocycles. The van der Waals surface area contributed by atoms with Gasteiger partial charge in [-0.1, -0.05) is 13.8 Å². The zero-order valence-electron chi connectivity index (χ0n) is 11.9. The Morgan fingerprint density at radius 1 is 1.42 bits per heavy atom. The number of piperidine rings is 1. The van der Waals surface area contributed by atoms with Crippen LogP contribution in [-0.2, 0) is 9.53 Å². The number of nitrogens with one attached hydrogen (secondary N) is 1. The summed E-state index contributed by atoms with van der Waals surface area (Å²) in [6.45, 7) is 7.06. The van der Waals surface area contributed by atoms with Gasteiger partial charge in [0.25, 0.3) is 0 Å². The summed E-state index contributed by atoms with van der Waals surface area (Å²) in [6, 6.07) is -0.0365. The van der Waals surface area contributed by atoms with E-state index in [2.05, 4.69) is 19.2 Å². The molecule has 1 fully saturated rings. The molecule has 0 aromatic carbocycles. The van der Waals surface area contributed by atoms with Crippen molar-refractivity contribution in [2.45, 2.75) is 45.7 Å². The predicted molar refractivity (Wildman–Crippen MR) is 71.0 cm³/mol. The molecule has 6 nitrogen and oxygen atoms in total. The zero-order valence-corrected chi connectivity index (χ0v) is 11.9. The van der Waals surface area contributed by atoms with E-state index in [1.54, 1.807) is 0 Å². The summed E-state index contributed by atoms with van der Waals surface area (Å²) in [5.74, 6) is 0.169. The molecule has 1 saturated heterocycles. The molecule has 2 N–H and O–H groups in total. The van der Waals surface area contributed by atoms with Crippen LogP contribution in [0.25, 0.3) is 0 Å². The maximum atomic E-state index is 11.3. The van der Waals surface area contributed by atoms with Gasteiger partial charge in [0.2, 0.25) is 0 Å². The van der Waals surface area contributed by atoms with Crippen LogP contribution in [0.5, 0.6) is 0 Å². The number of carbonyl (C=O) groups is 2. The van der Waals surface area contributed by atoms with Gasteiger partial charge in [-0.3, -0.25) is 4.79 Å². The van der Waals surface area contributed by atoms with Crippen molar-refractivity contribution in [2.24, 2.45) is 5.92 Å². The number of carbonyl (C=O) groups excluding carboxylic acids is 1. The molecule has 6 heteroatoms. The Balaban J connectivity index is 2.49. The summed E-state index contributed by atoms with van der Waals surface area (Å²) in [4.78, 5) is 23.4. The number of likely N-dealkylation sites (tertiary alicyclic amines) is 1. The van der Waals surface area contributed by atoms with E-state index in [4.69, 9.17) is 4.74 Å². The maximum absolute atomic E-state index is 11.3. The molecule has 2 unspecified atom stereocenters. The molecular formula is C13H24N2O4. The second-order valence-electron chi connectivity index (χ2n) is 5.47. The van der Waals surface area contributed by atoms with Crippen molar-refractivity contribution in [3.05, 3.63) is 0 Å². The normalized spacial score (nSPS) is 23.5. The Bertz CT molecular complexity index is 320. The first kappa shape index (κ1) is 15.8. The first-order valence-corrected chi connectivity index (χ1v) is 6.76. The van der Waals surface area contributed by atoms with Gasteiger partial charge in [-0.2, -0.15) is 0 Å². The van der Waals surface area contributed by atoms with Crippen molar-refractivity contribution < 1.29 is 19.4 Å². The molecular weight excluding hydrogens is 248 g/mol. The number of nitrogens with zero attached hydrogens (tertiary/aromatic N) is 1. The minimum absolute atomic E-state index is 0.151. The number of amides is 1. The van der Waals surface area contributed by atoms with Crippen LogP contribution in [0.3, 0.4) is 0 Å². The van der Waals surface area contributed by atoms with E-state index >= 15 is 0 Å². The van der Waals surface area contributed by atoms with E-state index in [-0.39, 0.29) is 24.7 Å². The van der Waals surface area contributed by atoms with Crippen LogP contribution in [0.4, 0.5) is 4.79 Å². The second-order valence-corrected chi connectivity index (χ2v) is 5.47. The van der Waals surface area contributed by atoms with E-state index in [9.17, 15) is 14.7 Å². The van der Waals surface area contributed by atoms with Gasteiger partial charge in [-0.15, -0.1) is 0 Å². The highest BCUT2D eigenvalue weighted by molar-refractivity contribution is 5.67. The summed E-state index contributed by atoms with van der Waals surface area (Å²) in [5, 5.41) is 12.6. The van der Waals surface area contributed by atoms with Gasteiger partial charge in [-0.25, -0.2) is 4.79 Å². The van der Waals surface area contributed by atoms with Crippen molar-refractivity contribution in [1.82, 2.24) is 10.2 Å². The molecule has 0 spiro atoms. The predicted octanol–water partition coefficient (Wildman–Crippen LogP) is 1.31. The van der Waals surface area contributed by atoms with Crippen LogP contribution in [0, 0.1) is 5.92 Å². The lowest BCUT2D eigenvalue weighted by atomic mass is 9.98. The van der Waals surface area contributed by atoms with Crippen LogP contribution in [0.2, 0.25) is 0 Å². The number of carboxylic acid groups (broad SMARTS) is 1. The Morgan fingerprint density at radius 3 is 2.63 bits per heavy atom. The smallest absolute Gasteiger partial charge is 0.407 e. The van der Waals surface area contributed by atoms with E-state index in [1.165, 1.54) is 11.8 Å². The third-order valence-electron chi connectivity index (χ3n) is 3.25.